The lowest BCUT2D eigenvalue weighted by Crippen LogP contribution is -2.41. The fraction of sp³-hybridized carbons (Fsp3) is 0.625. The summed E-state index contributed by atoms with van der Waals surface area (Å²) in [6.45, 7) is 7.36. The normalized spacial score (nSPS) is 18.1. The van der Waals surface area contributed by atoms with Gasteiger partial charge >= 0.3 is 0 Å². The van der Waals surface area contributed by atoms with E-state index in [4.69, 9.17) is 4.74 Å². The second-order valence-electron chi connectivity index (χ2n) is 6.04. The van der Waals surface area contributed by atoms with E-state index < -0.39 is 0 Å². The molecule has 1 aliphatic heterocycles. The molecule has 0 N–H and O–H groups in total. The van der Waals surface area contributed by atoms with Gasteiger partial charge in [0.2, 0.25) is 0 Å². The highest BCUT2D eigenvalue weighted by Crippen LogP contribution is 2.24. The van der Waals surface area contributed by atoms with Crippen molar-refractivity contribution in [3.05, 3.63) is 28.0 Å². The van der Waals surface area contributed by atoms with Crippen molar-refractivity contribution in [3.8, 4) is 0 Å². The van der Waals surface area contributed by atoms with E-state index in [1.54, 1.807) is 6.20 Å². The average molecular weight is 349 g/mol. The van der Waals surface area contributed by atoms with E-state index in [0.29, 0.717) is 19.1 Å². The number of aryl methyl sites for hydroxylation is 1. The molecule has 0 radical (unpaired) electrons. The molecule has 2 aromatic rings. The Morgan fingerprint density at radius 3 is 3.12 bits per heavy atom. The third-order valence-corrected chi connectivity index (χ3v) is 5.31. The van der Waals surface area contributed by atoms with Gasteiger partial charge in [-0.3, -0.25) is 9.48 Å². The molecule has 1 atom stereocenters. The molecule has 1 fully saturated rings. The first-order chi connectivity index (χ1) is 11.7. The Morgan fingerprint density at radius 1 is 1.50 bits per heavy atom. The smallest absolute Gasteiger partial charge is 0.265 e. The number of likely N-dealkylation sites (tertiary alicyclic amines) is 1. The van der Waals surface area contributed by atoms with E-state index in [0.717, 1.165) is 48.1 Å². The van der Waals surface area contributed by atoms with E-state index in [9.17, 15) is 4.79 Å². The summed E-state index contributed by atoms with van der Waals surface area (Å²) < 4.78 is 7.24. The van der Waals surface area contributed by atoms with Crippen molar-refractivity contribution in [1.29, 1.82) is 0 Å². The number of piperidine rings is 1. The van der Waals surface area contributed by atoms with Gasteiger partial charge in [0.1, 0.15) is 9.88 Å². The van der Waals surface area contributed by atoms with Crippen LogP contribution in [-0.2, 0) is 17.9 Å². The first-order valence-corrected chi connectivity index (χ1v) is 9.16. The number of nitrogens with zero attached hydrogens (tertiary/aromatic N) is 5. The summed E-state index contributed by atoms with van der Waals surface area (Å²) in [6, 6.07) is 0. The van der Waals surface area contributed by atoms with Crippen molar-refractivity contribution >= 4 is 17.2 Å². The van der Waals surface area contributed by atoms with Gasteiger partial charge in [0.05, 0.1) is 18.5 Å². The third-order valence-electron chi connectivity index (χ3n) is 4.19. The van der Waals surface area contributed by atoms with E-state index in [1.165, 1.54) is 11.3 Å². The van der Waals surface area contributed by atoms with Crippen LogP contribution in [-0.4, -0.2) is 50.5 Å². The molecule has 3 heterocycles. The summed E-state index contributed by atoms with van der Waals surface area (Å²) in [4.78, 5) is 20.0. The van der Waals surface area contributed by atoms with Crippen LogP contribution < -0.4 is 0 Å². The van der Waals surface area contributed by atoms with Gasteiger partial charge in [0.25, 0.3) is 5.91 Å². The monoisotopic (exact) mass is 349 g/mol. The van der Waals surface area contributed by atoms with Crippen molar-refractivity contribution in [2.24, 2.45) is 5.92 Å². The SMILES string of the molecule is CCOCc1nc(C)c(C(=O)N2CCCC(Cn3ccnn3)C2)s1. The van der Waals surface area contributed by atoms with E-state index in [2.05, 4.69) is 15.3 Å². The number of rotatable bonds is 6. The summed E-state index contributed by atoms with van der Waals surface area (Å²) in [5.41, 5.74) is 0.804. The van der Waals surface area contributed by atoms with Crippen LogP contribution in [0.1, 0.15) is 40.1 Å². The zero-order chi connectivity index (χ0) is 16.9. The van der Waals surface area contributed by atoms with Crippen molar-refractivity contribution < 1.29 is 9.53 Å². The molecule has 1 aliphatic rings. The molecule has 0 aromatic carbocycles. The molecule has 0 aliphatic carbocycles. The number of ether oxygens (including phenoxy) is 1. The second kappa shape index (κ2) is 7.85. The van der Waals surface area contributed by atoms with Gasteiger partial charge in [0, 0.05) is 32.4 Å². The lowest BCUT2D eigenvalue weighted by atomic mass is 9.98. The summed E-state index contributed by atoms with van der Waals surface area (Å²) in [5, 5.41) is 8.74. The summed E-state index contributed by atoms with van der Waals surface area (Å²) in [7, 11) is 0. The Bertz CT molecular complexity index is 670. The van der Waals surface area contributed by atoms with Gasteiger partial charge in [-0.05, 0) is 32.6 Å². The maximum Gasteiger partial charge on any atom is 0.265 e. The molecule has 2 aromatic heterocycles. The highest BCUT2D eigenvalue weighted by molar-refractivity contribution is 7.13. The van der Waals surface area contributed by atoms with Crippen molar-refractivity contribution in [2.75, 3.05) is 19.7 Å². The summed E-state index contributed by atoms with van der Waals surface area (Å²) in [6.07, 6.45) is 5.69. The van der Waals surface area contributed by atoms with Crippen LogP contribution in [0, 0.1) is 12.8 Å². The molecule has 7 nitrogen and oxygen atoms in total. The Balaban J connectivity index is 1.64. The Kier molecular flexibility index (Phi) is 5.57. The molecular formula is C16H23N5O2S. The molecule has 1 unspecified atom stereocenters. The van der Waals surface area contributed by atoms with Crippen LogP contribution >= 0.6 is 11.3 Å². The first-order valence-electron chi connectivity index (χ1n) is 8.34. The van der Waals surface area contributed by atoms with Crippen LogP contribution in [0.25, 0.3) is 0 Å². The maximum absolute atomic E-state index is 12.9. The Hall–Kier alpha value is -1.80. The van der Waals surface area contributed by atoms with E-state index >= 15 is 0 Å². The number of aromatic nitrogens is 4. The molecule has 0 spiro atoms. The summed E-state index contributed by atoms with van der Waals surface area (Å²) >= 11 is 1.45. The number of hydrogen-bond acceptors (Lipinski definition) is 6. The fourth-order valence-corrected chi connectivity index (χ4v) is 4.01. The van der Waals surface area contributed by atoms with Gasteiger partial charge in [-0.2, -0.15) is 0 Å². The molecule has 0 bridgehead atoms. The number of carbonyl (C=O) groups excluding carboxylic acids is 1. The molecule has 3 rings (SSSR count). The lowest BCUT2D eigenvalue weighted by Gasteiger charge is -2.32. The van der Waals surface area contributed by atoms with Crippen LogP contribution in [0.3, 0.4) is 0 Å². The van der Waals surface area contributed by atoms with Crippen LogP contribution in [0.15, 0.2) is 12.4 Å². The van der Waals surface area contributed by atoms with Crippen molar-refractivity contribution in [1.82, 2.24) is 24.9 Å². The summed E-state index contributed by atoms with van der Waals surface area (Å²) in [5.74, 6) is 0.511. The van der Waals surface area contributed by atoms with Crippen LogP contribution in [0.4, 0.5) is 0 Å². The van der Waals surface area contributed by atoms with Crippen molar-refractivity contribution in [3.63, 3.8) is 0 Å². The first kappa shape index (κ1) is 17.0. The fourth-order valence-electron chi connectivity index (χ4n) is 3.04. The van der Waals surface area contributed by atoms with Gasteiger partial charge in [-0.1, -0.05) is 5.21 Å². The minimum atomic E-state index is 0.0936. The number of hydrogen-bond donors (Lipinski definition) is 0. The molecule has 1 saturated heterocycles. The molecule has 8 heteroatoms. The standard InChI is InChI=1S/C16H23N5O2S/c1-3-23-11-14-18-12(2)15(24-14)16(22)20-7-4-5-13(9-20)10-21-8-6-17-19-21/h6,8,13H,3-5,7,9-11H2,1-2H3. The highest BCUT2D eigenvalue weighted by Gasteiger charge is 2.27. The van der Waals surface area contributed by atoms with E-state index in [-0.39, 0.29) is 5.91 Å². The average Bonchev–Trinajstić information content (AvgIpc) is 3.22. The lowest BCUT2D eigenvalue weighted by molar-refractivity contribution is 0.0663. The predicted molar refractivity (Wildman–Crippen MR) is 90.8 cm³/mol. The number of carbonyl (C=O) groups is 1. The zero-order valence-corrected chi connectivity index (χ0v) is 15.0. The predicted octanol–water partition coefficient (Wildman–Crippen LogP) is 2.13. The van der Waals surface area contributed by atoms with Crippen molar-refractivity contribution in [2.45, 2.75) is 39.8 Å². The molecule has 130 valence electrons. The largest absolute Gasteiger partial charge is 0.375 e. The minimum absolute atomic E-state index is 0.0936. The minimum Gasteiger partial charge on any atom is -0.375 e. The van der Waals surface area contributed by atoms with Crippen LogP contribution in [0.5, 0.6) is 0 Å². The quantitative estimate of drug-likeness (QED) is 0.799. The zero-order valence-electron chi connectivity index (χ0n) is 14.1. The number of amides is 1. The molecular weight excluding hydrogens is 326 g/mol. The van der Waals surface area contributed by atoms with Gasteiger partial charge in [-0.15, -0.1) is 16.4 Å². The van der Waals surface area contributed by atoms with Gasteiger partial charge in [0.15, 0.2) is 0 Å². The molecule has 1 amide bonds. The third kappa shape index (κ3) is 3.99. The second-order valence-corrected chi connectivity index (χ2v) is 7.13. The Labute approximate surface area is 145 Å². The van der Waals surface area contributed by atoms with Gasteiger partial charge < -0.3 is 9.64 Å². The number of thiazole rings is 1. The maximum atomic E-state index is 12.9. The molecule has 0 saturated carbocycles. The van der Waals surface area contributed by atoms with Gasteiger partial charge in [-0.25, -0.2) is 4.98 Å². The highest BCUT2D eigenvalue weighted by atomic mass is 32.1. The Morgan fingerprint density at radius 2 is 2.38 bits per heavy atom. The molecule has 24 heavy (non-hydrogen) atoms. The van der Waals surface area contributed by atoms with Crippen LogP contribution in [0.2, 0.25) is 0 Å². The topological polar surface area (TPSA) is 73.1 Å². The van der Waals surface area contributed by atoms with E-state index in [1.807, 2.05) is 29.6 Å².